The van der Waals surface area contributed by atoms with Crippen LogP contribution >= 0.6 is 0 Å². The standard InChI is InChI=1S/C19H23N5O/c25-19(24-14-4-6-17(24)15-7-10-20-11-8-15)22-16-5-3-9-21-18(16)23-12-1-2-13-23/h3,5,7-11,17H,1-2,4,6,12-14H2,(H,22,25). The number of carbonyl (C=O) groups excluding carboxylic acids is 1. The number of carbonyl (C=O) groups is 1. The summed E-state index contributed by atoms with van der Waals surface area (Å²) in [6, 6.07) is 7.88. The molecule has 2 saturated heterocycles. The minimum Gasteiger partial charge on any atom is -0.355 e. The van der Waals surface area contributed by atoms with Crippen LogP contribution in [-0.4, -0.2) is 40.5 Å². The molecule has 4 heterocycles. The van der Waals surface area contributed by atoms with Crippen LogP contribution in [0.1, 0.15) is 37.3 Å². The molecule has 2 aromatic heterocycles. The lowest BCUT2D eigenvalue weighted by molar-refractivity contribution is 0.207. The van der Waals surface area contributed by atoms with Crippen LogP contribution in [0, 0.1) is 0 Å². The van der Waals surface area contributed by atoms with Crippen LogP contribution in [0.3, 0.4) is 0 Å². The second-order valence-electron chi connectivity index (χ2n) is 6.63. The smallest absolute Gasteiger partial charge is 0.322 e. The molecule has 1 unspecified atom stereocenters. The molecule has 0 spiro atoms. The SMILES string of the molecule is O=C(Nc1cccnc1N1CCCC1)N1CCCC1c1ccncc1. The number of aromatic nitrogens is 2. The van der Waals surface area contributed by atoms with Gasteiger partial charge in [-0.2, -0.15) is 0 Å². The average Bonchev–Trinajstić information content (AvgIpc) is 3.35. The van der Waals surface area contributed by atoms with Crippen molar-refractivity contribution in [2.24, 2.45) is 0 Å². The van der Waals surface area contributed by atoms with Gasteiger partial charge in [-0.05, 0) is 55.5 Å². The fourth-order valence-electron chi connectivity index (χ4n) is 3.80. The van der Waals surface area contributed by atoms with E-state index in [9.17, 15) is 4.79 Å². The number of likely N-dealkylation sites (tertiary alicyclic amines) is 1. The second kappa shape index (κ2) is 7.09. The highest BCUT2D eigenvalue weighted by Gasteiger charge is 2.30. The summed E-state index contributed by atoms with van der Waals surface area (Å²) in [5, 5.41) is 3.10. The Balaban J connectivity index is 1.52. The van der Waals surface area contributed by atoms with Crippen LogP contribution in [0.2, 0.25) is 0 Å². The number of nitrogens with zero attached hydrogens (tertiary/aromatic N) is 4. The number of hydrogen-bond donors (Lipinski definition) is 1. The summed E-state index contributed by atoms with van der Waals surface area (Å²) in [6.45, 7) is 2.78. The molecule has 0 aliphatic carbocycles. The highest BCUT2D eigenvalue weighted by atomic mass is 16.2. The molecular formula is C19H23N5O. The van der Waals surface area contributed by atoms with E-state index in [1.165, 1.54) is 12.8 Å². The number of amides is 2. The molecular weight excluding hydrogens is 314 g/mol. The number of pyridine rings is 2. The summed E-state index contributed by atoms with van der Waals surface area (Å²) in [5.74, 6) is 0.882. The molecule has 1 N–H and O–H groups in total. The van der Waals surface area contributed by atoms with Crippen molar-refractivity contribution in [1.29, 1.82) is 0 Å². The Morgan fingerprint density at radius 2 is 1.84 bits per heavy atom. The zero-order chi connectivity index (χ0) is 17.1. The Hall–Kier alpha value is -2.63. The summed E-state index contributed by atoms with van der Waals surface area (Å²) in [7, 11) is 0. The molecule has 0 bridgehead atoms. The molecule has 6 nitrogen and oxygen atoms in total. The van der Waals surface area contributed by atoms with Crippen molar-refractivity contribution in [1.82, 2.24) is 14.9 Å². The molecule has 2 amide bonds. The predicted octanol–water partition coefficient (Wildman–Crippen LogP) is 3.45. The lowest BCUT2D eigenvalue weighted by atomic mass is 10.1. The molecule has 1 atom stereocenters. The van der Waals surface area contributed by atoms with Crippen LogP contribution in [0.4, 0.5) is 16.3 Å². The minimum absolute atomic E-state index is 0.0484. The monoisotopic (exact) mass is 337 g/mol. The largest absolute Gasteiger partial charge is 0.355 e. The fraction of sp³-hybridized carbons (Fsp3) is 0.421. The Bertz CT molecular complexity index is 730. The molecule has 0 saturated carbocycles. The third-order valence-corrected chi connectivity index (χ3v) is 5.04. The van der Waals surface area contributed by atoms with Crippen LogP contribution in [0.15, 0.2) is 42.9 Å². The first-order chi connectivity index (χ1) is 12.3. The van der Waals surface area contributed by atoms with Gasteiger partial charge < -0.3 is 15.1 Å². The van der Waals surface area contributed by atoms with Crippen LogP contribution < -0.4 is 10.2 Å². The maximum atomic E-state index is 12.9. The Morgan fingerprint density at radius 3 is 2.64 bits per heavy atom. The van der Waals surface area contributed by atoms with Crippen molar-refractivity contribution in [2.75, 3.05) is 29.9 Å². The lowest BCUT2D eigenvalue weighted by Crippen LogP contribution is -2.35. The van der Waals surface area contributed by atoms with Crippen LogP contribution in [-0.2, 0) is 0 Å². The predicted molar refractivity (Wildman–Crippen MR) is 97.6 cm³/mol. The molecule has 4 rings (SSSR count). The Labute approximate surface area is 147 Å². The first-order valence-electron chi connectivity index (χ1n) is 9.00. The minimum atomic E-state index is -0.0484. The summed E-state index contributed by atoms with van der Waals surface area (Å²) >= 11 is 0. The van der Waals surface area contributed by atoms with Crippen molar-refractivity contribution in [3.63, 3.8) is 0 Å². The van der Waals surface area contributed by atoms with Gasteiger partial charge in [0, 0.05) is 38.2 Å². The molecule has 2 aromatic rings. The average molecular weight is 337 g/mol. The second-order valence-corrected chi connectivity index (χ2v) is 6.63. The molecule has 0 aromatic carbocycles. The van der Waals surface area contributed by atoms with Gasteiger partial charge in [-0.1, -0.05) is 0 Å². The number of rotatable bonds is 3. The van der Waals surface area contributed by atoms with E-state index in [1.54, 1.807) is 18.6 Å². The molecule has 2 aliphatic heterocycles. The van der Waals surface area contributed by atoms with Gasteiger partial charge in [0.15, 0.2) is 5.82 Å². The van der Waals surface area contributed by atoms with Gasteiger partial charge in [0.05, 0.1) is 11.7 Å². The molecule has 0 radical (unpaired) electrons. The summed E-state index contributed by atoms with van der Waals surface area (Å²) in [6.07, 6.45) is 9.74. The van der Waals surface area contributed by atoms with Crippen molar-refractivity contribution in [3.05, 3.63) is 48.4 Å². The van der Waals surface area contributed by atoms with Gasteiger partial charge in [-0.3, -0.25) is 4.98 Å². The Morgan fingerprint density at radius 1 is 1.04 bits per heavy atom. The zero-order valence-corrected chi connectivity index (χ0v) is 14.3. The lowest BCUT2D eigenvalue weighted by Gasteiger charge is -2.26. The molecule has 2 aliphatic rings. The van der Waals surface area contributed by atoms with Gasteiger partial charge in [0.1, 0.15) is 0 Å². The summed E-state index contributed by atoms with van der Waals surface area (Å²) in [5.41, 5.74) is 1.95. The van der Waals surface area contributed by atoms with E-state index < -0.39 is 0 Å². The molecule has 130 valence electrons. The van der Waals surface area contributed by atoms with E-state index in [4.69, 9.17) is 0 Å². The van der Waals surface area contributed by atoms with E-state index in [1.807, 2.05) is 29.2 Å². The first-order valence-corrected chi connectivity index (χ1v) is 9.00. The third kappa shape index (κ3) is 3.29. The van der Waals surface area contributed by atoms with Gasteiger partial charge >= 0.3 is 6.03 Å². The maximum absolute atomic E-state index is 12.9. The van der Waals surface area contributed by atoms with Gasteiger partial charge in [-0.25, -0.2) is 9.78 Å². The van der Waals surface area contributed by atoms with Crippen molar-refractivity contribution < 1.29 is 4.79 Å². The van der Waals surface area contributed by atoms with E-state index in [2.05, 4.69) is 20.2 Å². The quantitative estimate of drug-likeness (QED) is 0.932. The van der Waals surface area contributed by atoms with Crippen molar-refractivity contribution >= 4 is 17.5 Å². The first kappa shape index (κ1) is 15.9. The number of anilines is 2. The van der Waals surface area contributed by atoms with E-state index in [0.29, 0.717) is 0 Å². The van der Waals surface area contributed by atoms with Crippen molar-refractivity contribution in [2.45, 2.75) is 31.7 Å². The summed E-state index contributed by atoms with van der Waals surface area (Å²) in [4.78, 5) is 25.7. The number of hydrogen-bond acceptors (Lipinski definition) is 4. The molecule has 6 heteroatoms. The Kier molecular flexibility index (Phi) is 4.50. The van der Waals surface area contributed by atoms with Gasteiger partial charge in [0.25, 0.3) is 0 Å². The van der Waals surface area contributed by atoms with Crippen molar-refractivity contribution in [3.8, 4) is 0 Å². The summed E-state index contributed by atoms with van der Waals surface area (Å²) < 4.78 is 0. The fourth-order valence-corrected chi connectivity index (χ4v) is 3.80. The highest BCUT2D eigenvalue weighted by molar-refractivity contribution is 5.92. The molecule has 25 heavy (non-hydrogen) atoms. The van der Waals surface area contributed by atoms with E-state index in [-0.39, 0.29) is 12.1 Å². The molecule has 2 fully saturated rings. The topological polar surface area (TPSA) is 61.4 Å². The van der Waals surface area contributed by atoms with Gasteiger partial charge in [-0.15, -0.1) is 0 Å². The zero-order valence-electron chi connectivity index (χ0n) is 14.3. The van der Waals surface area contributed by atoms with Crippen LogP contribution in [0.25, 0.3) is 0 Å². The number of nitrogens with one attached hydrogen (secondary N) is 1. The number of urea groups is 1. The van der Waals surface area contributed by atoms with E-state index in [0.717, 1.165) is 49.5 Å². The van der Waals surface area contributed by atoms with Crippen LogP contribution in [0.5, 0.6) is 0 Å². The normalized spacial score (nSPS) is 20.1. The van der Waals surface area contributed by atoms with Gasteiger partial charge in [0.2, 0.25) is 0 Å². The third-order valence-electron chi connectivity index (χ3n) is 5.04. The highest BCUT2D eigenvalue weighted by Crippen LogP contribution is 2.33. The van der Waals surface area contributed by atoms with E-state index >= 15 is 0 Å². The maximum Gasteiger partial charge on any atom is 0.322 e.